The molecule has 6 heteroatoms. The molecule has 0 unspecified atom stereocenters. The van der Waals surface area contributed by atoms with E-state index in [1.165, 1.54) is 11.3 Å². The third-order valence-corrected chi connectivity index (χ3v) is 3.38. The van der Waals surface area contributed by atoms with Gasteiger partial charge in [-0.3, -0.25) is 0 Å². The van der Waals surface area contributed by atoms with Gasteiger partial charge in [0.05, 0.1) is 11.7 Å². The first-order chi connectivity index (χ1) is 5.79. The van der Waals surface area contributed by atoms with E-state index < -0.39 is 0 Å². The Bertz CT molecular complexity index is 357. The molecule has 2 nitrogen and oxygen atoms in total. The molecule has 0 aliphatic carbocycles. The minimum absolute atomic E-state index is 0.417. The highest BCUT2D eigenvalue weighted by atomic mass is 35.5. The number of nitrogens with zero attached hydrogens (tertiary/aromatic N) is 2. The number of thiophene rings is 1. The van der Waals surface area contributed by atoms with Gasteiger partial charge in [-0.1, -0.05) is 23.2 Å². The summed E-state index contributed by atoms with van der Waals surface area (Å²) in [5.41, 5.74) is 1.54. The fourth-order valence-electron chi connectivity index (χ4n) is 0.801. The molecule has 0 saturated heterocycles. The molecule has 12 heavy (non-hydrogen) atoms. The van der Waals surface area contributed by atoms with Gasteiger partial charge < -0.3 is 0 Å². The molecule has 2 rings (SSSR count). The minimum atomic E-state index is 0.417. The van der Waals surface area contributed by atoms with Crippen molar-refractivity contribution in [1.29, 1.82) is 0 Å². The van der Waals surface area contributed by atoms with Gasteiger partial charge in [-0.25, -0.2) is 0 Å². The van der Waals surface area contributed by atoms with Crippen LogP contribution < -0.4 is 0 Å². The van der Waals surface area contributed by atoms with Gasteiger partial charge in [0.25, 0.3) is 0 Å². The second kappa shape index (κ2) is 3.30. The third kappa shape index (κ3) is 1.35. The Morgan fingerprint density at radius 3 is 2.58 bits per heavy atom. The highest BCUT2D eigenvalue weighted by Crippen LogP contribution is 2.34. The van der Waals surface area contributed by atoms with Crippen molar-refractivity contribution in [2.24, 2.45) is 0 Å². The average Bonchev–Trinajstić information content (AvgIpc) is 2.59. The maximum Gasteiger partial charge on any atom is 0.170 e. The molecule has 0 aliphatic rings. The van der Waals surface area contributed by atoms with Crippen LogP contribution in [0.2, 0.25) is 9.49 Å². The predicted octanol–water partition coefficient (Wildman–Crippen LogP) is 3.57. The van der Waals surface area contributed by atoms with E-state index in [9.17, 15) is 0 Å². The third-order valence-electron chi connectivity index (χ3n) is 1.32. The molecule has 62 valence electrons. The van der Waals surface area contributed by atoms with Crippen molar-refractivity contribution in [3.63, 3.8) is 0 Å². The monoisotopic (exact) mass is 236 g/mol. The topological polar surface area (TPSA) is 25.8 Å². The summed E-state index contributed by atoms with van der Waals surface area (Å²) in [6, 6.07) is 1.88. The Morgan fingerprint density at radius 2 is 2.08 bits per heavy atom. The molecule has 0 spiro atoms. The van der Waals surface area contributed by atoms with Crippen molar-refractivity contribution < 1.29 is 0 Å². The SMILES string of the molecule is Clc1nsnc1-c1ccsc1Cl. The average molecular weight is 237 g/mol. The van der Waals surface area contributed by atoms with Gasteiger partial charge in [0.1, 0.15) is 10.0 Å². The Morgan fingerprint density at radius 1 is 1.25 bits per heavy atom. The van der Waals surface area contributed by atoms with Crippen molar-refractivity contribution in [1.82, 2.24) is 8.75 Å². The molecule has 0 saturated carbocycles. The summed E-state index contributed by atoms with van der Waals surface area (Å²) in [6.07, 6.45) is 0. The highest BCUT2D eigenvalue weighted by molar-refractivity contribution is 7.15. The van der Waals surface area contributed by atoms with E-state index in [-0.39, 0.29) is 0 Å². The normalized spacial score (nSPS) is 10.5. The van der Waals surface area contributed by atoms with Gasteiger partial charge >= 0.3 is 0 Å². The van der Waals surface area contributed by atoms with E-state index in [2.05, 4.69) is 8.75 Å². The van der Waals surface area contributed by atoms with Crippen molar-refractivity contribution in [3.8, 4) is 11.3 Å². The molecular weight excluding hydrogens is 235 g/mol. The highest BCUT2D eigenvalue weighted by Gasteiger charge is 2.12. The summed E-state index contributed by atoms with van der Waals surface area (Å²) < 4.78 is 8.59. The number of rotatable bonds is 1. The Kier molecular flexibility index (Phi) is 2.32. The molecule has 0 aromatic carbocycles. The smallest absolute Gasteiger partial charge is 0.170 e. The van der Waals surface area contributed by atoms with Crippen LogP contribution >= 0.6 is 46.3 Å². The zero-order valence-electron chi connectivity index (χ0n) is 5.62. The summed E-state index contributed by atoms with van der Waals surface area (Å²) in [4.78, 5) is 0. The van der Waals surface area contributed by atoms with Crippen molar-refractivity contribution in [2.75, 3.05) is 0 Å². The number of hydrogen-bond donors (Lipinski definition) is 0. The first-order valence-corrected chi connectivity index (χ1v) is 5.37. The molecule has 2 heterocycles. The summed E-state index contributed by atoms with van der Waals surface area (Å²) in [6.45, 7) is 0. The number of aromatic nitrogens is 2. The fraction of sp³-hybridized carbons (Fsp3) is 0. The Hall–Kier alpha value is -0.160. The van der Waals surface area contributed by atoms with E-state index in [1.54, 1.807) is 0 Å². The van der Waals surface area contributed by atoms with Crippen LogP contribution in [0.3, 0.4) is 0 Å². The van der Waals surface area contributed by atoms with Gasteiger partial charge in [-0.05, 0) is 11.4 Å². The molecule has 0 N–H and O–H groups in total. The number of halogens is 2. The summed E-state index contributed by atoms with van der Waals surface area (Å²) >= 11 is 14.2. The molecular formula is C6H2Cl2N2S2. The van der Waals surface area contributed by atoms with E-state index in [0.717, 1.165) is 17.3 Å². The van der Waals surface area contributed by atoms with Crippen LogP contribution in [-0.4, -0.2) is 8.75 Å². The first kappa shape index (κ1) is 8.44. The lowest BCUT2D eigenvalue weighted by Gasteiger charge is -1.90. The zero-order valence-corrected chi connectivity index (χ0v) is 8.77. The molecule has 0 bridgehead atoms. The van der Waals surface area contributed by atoms with Crippen LogP contribution in [0.5, 0.6) is 0 Å². The fourth-order valence-corrected chi connectivity index (χ4v) is 2.48. The van der Waals surface area contributed by atoms with Crippen LogP contribution in [0.25, 0.3) is 11.3 Å². The van der Waals surface area contributed by atoms with Gasteiger partial charge in [-0.2, -0.15) is 8.75 Å². The summed E-state index contributed by atoms with van der Waals surface area (Å²) in [5.74, 6) is 0. The number of hydrogen-bond acceptors (Lipinski definition) is 4. The quantitative estimate of drug-likeness (QED) is 0.757. The Balaban J connectivity index is 2.57. The standard InChI is InChI=1S/C6H2Cl2N2S2/c7-5-4(9-12-10-5)3-1-2-11-6(3)8/h1-2H. The van der Waals surface area contributed by atoms with Gasteiger partial charge in [-0.15, -0.1) is 11.3 Å². The van der Waals surface area contributed by atoms with Gasteiger partial charge in [0.15, 0.2) is 5.15 Å². The molecule has 0 fully saturated rings. The lowest BCUT2D eigenvalue weighted by Crippen LogP contribution is -1.73. The first-order valence-electron chi connectivity index (χ1n) is 3.00. The molecule has 2 aromatic rings. The van der Waals surface area contributed by atoms with Crippen LogP contribution in [0.1, 0.15) is 0 Å². The van der Waals surface area contributed by atoms with Crippen molar-refractivity contribution >= 4 is 46.3 Å². The summed E-state index contributed by atoms with van der Waals surface area (Å²) in [7, 11) is 0. The van der Waals surface area contributed by atoms with E-state index in [1.807, 2.05) is 11.4 Å². The lowest BCUT2D eigenvalue weighted by atomic mass is 10.3. The second-order valence-corrected chi connectivity index (χ2v) is 4.42. The molecule has 2 aromatic heterocycles. The lowest BCUT2D eigenvalue weighted by molar-refractivity contribution is 1.51. The second-order valence-electron chi connectivity index (χ2n) is 2.01. The maximum atomic E-state index is 5.90. The van der Waals surface area contributed by atoms with E-state index in [0.29, 0.717) is 15.2 Å². The molecule has 0 aliphatic heterocycles. The molecule has 0 atom stereocenters. The zero-order chi connectivity index (χ0) is 8.55. The van der Waals surface area contributed by atoms with Crippen LogP contribution in [0, 0.1) is 0 Å². The van der Waals surface area contributed by atoms with Crippen LogP contribution in [-0.2, 0) is 0 Å². The van der Waals surface area contributed by atoms with E-state index >= 15 is 0 Å². The van der Waals surface area contributed by atoms with E-state index in [4.69, 9.17) is 23.2 Å². The van der Waals surface area contributed by atoms with Crippen molar-refractivity contribution in [3.05, 3.63) is 20.9 Å². The maximum absolute atomic E-state index is 5.90. The molecule has 0 amide bonds. The Labute approximate surface area is 87.1 Å². The van der Waals surface area contributed by atoms with Crippen LogP contribution in [0.15, 0.2) is 11.4 Å². The van der Waals surface area contributed by atoms with Gasteiger partial charge in [0.2, 0.25) is 0 Å². The molecule has 0 radical (unpaired) electrons. The van der Waals surface area contributed by atoms with Crippen LogP contribution in [0.4, 0.5) is 0 Å². The largest absolute Gasteiger partial charge is 0.171 e. The minimum Gasteiger partial charge on any atom is -0.171 e. The van der Waals surface area contributed by atoms with Gasteiger partial charge in [0, 0.05) is 5.56 Å². The summed E-state index contributed by atoms with van der Waals surface area (Å²) in [5, 5.41) is 2.31. The van der Waals surface area contributed by atoms with Crippen molar-refractivity contribution in [2.45, 2.75) is 0 Å². The predicted molar refractivity (Wildman–Crippen MR) is 53.2 cm³/mol.